The minimum Gasteiger partial charge on any atom is -0.406 e. The summed E-state index contributed by atoms with van der Waals surface area (Å²) in [4.78, 5) is 22.5. The summed E-state index contributed by atoms with van der Waals surface area (Å²) < 4.78 is 44.8. The number of hydrogen-bond acceptors (Lipinski definition) is 5. The predicted octanol–water partition coefficient (Wildman–Crippen LogP) is 8.30. The Balaban J connectivity index is 1.22. The molecule has 47 heavy (non-hydrogen) atoms. The first-order valence-corrected chi connectivity index (χ1v) is 16.0. The number of thiazole rings is 1. The van der Waals surface area contributed by atoms with E-state index >= 15 is 0 Å². The van der Waals surface area contributed by atoms with E-state index in [0.29, 0.717) is 35.2 Å². The Morgan fingerprint density at radius 1 is 1.02 bits per heavy atom. The van der Waals surface area contributed by atoms with E-state index in [-0.39, 0.29) is 17.2 Å². The molecule has 0 fully saturated rings. The number of hydrogen-bond donors (Lipinski definition) is 1. The molecule has 0 saturated heterocycles. The van der Waals surface area contributed by atoms with Gasteiger partial charge in [0.25, 0.3) is 0 Å². The molecule has 2 aromatic heterocycles. The molecule has 0 radical (unpaired) electrons. The van der Waals surface area contributed by atoms with Crippen LogP contribution in [0.1, 0.15) is 56.0 Å². The summed E-state index contributed by atoms with van der Waals surface area (Å²) in [5, 5.41) is 9.48. The summed E-state index contributed by atoms with van der Waals surface area (Å²) in [6.07, 6.45) is -2.54. The van der Waals surface area contributed by atoms with Gasteiger partial charge in [0.05, 0.1) is 11.4 Å². The van der Waals surface area contributed by atoms with Crippen LogP contribution >= 0.6 is 11.3 Å². The monoisotopic (exact) mass is 662 g/mol. The van der Waals surface area contributed by atoms with Gasteiger partial charge in [-0.05, 0) is 78.6 Å². The largest absolute Gasteiger partial charge is 0.573 e. The second-order valence-corrected chi connectivity index (χ2v) is 13.4. The number of aryl methyl sites for hydroxylation is 2. The second kappa shape index (κ2) is 13.6. The molecule has 0 aliphatic rings. The van der Waals surface area contributed by atoms with Crippen LogP contribution in [0.3, 0.4) is 0 Å². The van der Waals surface area contributed by atoms with Crippen molar-refractivity contribution < 1.29 is 22.7 Å². The lowest BCUT2D eigenvalue weighted by atomic mass is 9.85. The molecule has 12 heteroatoms. The Morgan fingerprint density at radius 2 is 1.72 bits per heavy atom. The number of rotatable bonds is 9. The molecule has 5 aromatic rings. The molecular weight excluding hydrogens is 625 g/mol. The Kier molecular flexibility index (Phi) is 9.71. The van der Waals surface area contributed by atoms with E-state index in [9.17, 15) is 18.0 Å². The maximum Gasteiger partial charge on any atom is 0.573 e. The summed E-state index contributed by atoms with van der Waals surface area (Å²) in [6.45, 7) is 13.0. The van der Waals surface area contributed by atoms with E-state index < -0.39 is 6.36 Å². The van der Waals surface area contributed by atoms with Crippen LogP contribution in [-0.2, 0) is 6.42 Å². The van der Waals surface area contributed by atoms with Gasteiger partial charge in [0.15, 0.2) is 10.6 Å². The minimum absolute atomic E-state index is 0.253. The van der Waals surface area contributed by atoms with E-state index in [1.165, 1.54) is 52.2 Å². The zero-order valence-electron chi connectivity index (χ0n) is 27.1. The lowest BCUT2D eigenvalue weighted by molar-refractivity contribution is -0.274. The van der Waals surface area contributed by atoms with Crippen molar-refractivity contribution in [2.24, 2.45) is 10.4 Å². The van der Waals surface area contributed by atoms with Gasteiger partial charge in [0.1, 0.15) is 12.1 Å². The van der Waals surface area contributed by atoms with Crippen LogP contribution < -0.4 is 14.9 Å². The van der Waals surface area contributed by atoms with Crippen molar-refractivity contribution in [2.75, 3.05) is 6.54 Å². The van der Waals surface area contributed by atoms with Gasteiger partial charge in [-0.15, -0.1) is 29.6 Å². The molecule has 0 saturated carbocycles. The van der Waals surface area contributed by atoms with Crippen molar-refractivity contribution in [3.05, 3.63) is 106 Å². The number of carbonyl (C=O) groups is 1. The number of halogens is 3. The van der Waals surface area contributed by atoms with Crippen LogP contribution in [0.5, 0.6) is 5.75 Å². The van der Waals surface area contributed by atoms with Crippen LogP contribution in [0, 0.1) is 19.3 Å². The normalized spacial score (nSPS) is 12.5. The molecule has 246 valence electrons. The molecule has 0 atom stereocenters. The number of amides is 2. The number of alkyl halides is 3. The highest BCUT2D eigenvalue weighted by Gasteiger charge is 2.31. The number of carbonyl (C=O) groups excluding carboxylic acids is 1. The lowest BCUT2D eigenvalue weighted by Gasteiger charge is -2.24. The Hall–Kier alpha value is -4.71. The highest BCUT2D eigenvalue weighted by atomic mass is 32.1. The fourth-order valence-electron chi connectivity index (χ4n) is 5.25. The van der Waals surface area contributed by atoms with Crippen LogP contribution in [0.25, 0.3) is 22.8 Å². The van der Waals surface area contributed by atoms with Gasteiger partial charge in [-0.3, -0.25) is 4.57 Å². The van der Waals surface area contributed by atoms with Crippen LogP contribution in [0.4, 0.5) is 18.0 Å². The van der Waals surface area contributed by atoms with Crippen molar-refractivity contribution in [1.29, 1.82) is 0 Å². The number of nitrogens with zero attached hydrogens (tertiary/aromatic N) is 5. The number of ether oxygens (including phenoxy) is 1. The minimum atomic E-state index is -4.75. The molecular formula is C35H37F3N6O2S. The maximum atomic E-state index is 13.0. The average Bonchev–Trinajstić information content (AvgIpc) is 3.63. The SMILES string of the molecule is Cc1ccc(C(C)C)c(-n2c(C)csc2=NC(=O)NCC(C)(C)Cc2ccc(-c3ncn(-c4ccc(OC(F)(F)F)cc4)n3)cc2)c1. The molecule has 2 heterocycles. The van der Waals surface area contributed by atoms with Gasteiger partial charge in [0.2, 0.25) is 0 Å². The Labute approximate surface area is 275 Å². The topological polar surface area (TPSA) is 86.3 Å². The van der Waals surface area contributed by atoms with E-state index in [2.05, 4.69) is 82.5 Å². The fourth-order valence-corrected chi connectivity index (χ4v) is 6.11. The third-order valence-electron chi connectivity index (χ3n) is 7.56. The third-order valence-corrected chi connectivity index (χ3v) is 8.51. The van der Waals surface area contributed by atoms with Crippen LogP contribution in [0.2, 0.25) is 0 Å². The molecule has 0 bridgehead atoms. The van der Waals surface area contributed by atoms with Crippen molar-refractivity contribution in [1.82, 2.24) is 24.6 Å². The molecule has 0 spiro atoms. The van der Waals surface area contributed by atoms with Gasteiger partial charge in [-0.25, -0.2) is 14.5 Å². The Morgan fingerprint density at radius 3 is 2.38 bits per heavy atom. The highest BCUT2D eigenvalue weighted by molar-refractivity contribution is 7.07. The smallest absolute Gasteiger partial charge is 0.406 e. The van der Waals surface area contributed by atoms with Gasteiger partial charge < -0.3 is 10.1 Å². The maximum absolute atomic E-state index is 13.0. The number of aromatic nitrogens is 4. The van der Waals surface area contributed by atoms with Crippen molar-refractivity contribution >= 4 is 17.4 Å². The standard InChI is InChI=1S/C35H37F3N6O2S/c1-22(2)29-16-7-23(3)17-30(29)44-24(4)19-47-33(44)41-32(45)39-20-34(5,6)18-25-8-10-26(11-9-25)31-40-21-43(42-31)27-12-14-28(15-13-27)46-35(36,37)38/h7-17,19,21-22H,18,20H2,1-6H3,(H,39,45). The van der Waals surface area contributed by atoms with Crippen molar-refractivity contribution in [2.45, 2.75) is 60.2 Å². The zero-order valence-corrected chi connectivity index (χ0v) is 27.9. The van der Waals surface area contributed by atoms with Gasteiger partial charge in [-0.1, -0.05) is 64.1 Å². The van der Waals surface area contributed by atoms with E-state index in [1.54, 1.807) is 0 Å². The summed E-state index contributed by atoms with van der Waals surface area (Å²) in [6, 6.07) is 19.3. The second-order valence-electron chi connectivity index (χ2n) is 12.6. The van der Waals surface area contributed by atoms with E-state index in [1.807, 2.05) is 36.6 Å². The first kappa shape index (κ1) is 33.6. The number of benzene rings is 3. The number of nitrogens with one attached hydrogen (secondary N) is 1. The summed E-state index contributed by atoms with van der Waals surface area (Å²) in [5.41, 5.74) is 6.58. The van der Waals surface area contributed by atoms with E-state index in [0.717, 1.165) is 28.1 Å². The average molecular weight is 663 g/mol. The molecule has 5 rings (SSSR count). The van der Waals surface area contributed by atoms with Crippen molar-refractivity contribution in [3.8, 4) is 28.5 Å². The van der Waals surface area contributed by atoms with Crippen LogP contribution in [0.15, 0.2) is 83.4 Å². The fraction of sp³-hybridized carbons (Fsp3) is 0.314. The molecule has 3 aromatic carbocycles. The van der Waals surface area contributed by atoms with Crippen molar-refractivity contribution in [3.63, 3.8) is 0 Å². The first-order valence-electron chi connectivity index (χ1n) is 15.2. The molecule has 0 unspecified atom stereocenters. The van der Waals surface area contributed by atoms with E-state index in [4.69, 9.17) is 0 Å². The quantitative estimate of drug-likeness (QED) is 0.172. The number of urea groups is 1. The molecule has 2 amide bonds. The van der Waals surface area contributed by atoms with Gasteiger partial charge in [0, 0.05) is 23.2 Å². The Bertz CT molecular complexity index is 1920. The summed E-state index contributed by atoms with van der Waals surface area (Å²) >= 11 is 1.44. The molecule has 8 nitrogen and oxygen atoms in total. The van der Waals surface area contributed by atoms with Gasteiger partial charge >= 0.3 is 12.4 Å². The molecule has 1 N–H and O–H groups in total. The van der Waals surface area contributed by atoms with Gasteiger partial charge in [-0.2, -0.15) is 4.99 Å². The first-order chi connectivity index (χ1) is 22.2. The third kappa shape index (κ3) is 8.56. The summed E-state index contributed by atoms with van der Waals surface area (Å²) in [5.74, 6) is 0.490. The predicted molar refractivity (Wildman–Crippen MR) is 177 cm³/mol. The lowest BCUT2D eigenvalue weighted by Crippen LogP contribution is -2.35. The van der Waals surface area contributed by atoms with Crippen LogP contribution in [-0.4, -0.2) is 38.3 Å². The highest BCUT2D eigenvalue weighted by Crippen LogP contribution is 2.27. The molecule has 0 aliphatic carbocycles. The summed E-state index contributed by atoms with van der Waals surface area (Å²) in [7, 11) is 0. The molecule has 0 aliphatic heterocycles. The zero-order chi connectivity index (χ0) is 33.9.